The third-order valence-corrected chi connectivity index (χ3v) is 3.00. The molecule has 0 aliphatic heterocycles. The summed E-state index contributed by atoms with van der Waals surface area (Å²) in [6.45, 7) is 9.88. The maximum absolute atomic E-state index is 11.9. The monoisotopic (exact) mass is 301 g/mol. The van der Waals surface area contributed by atoms with Gasteiger partial charge in [-0.3, -0.25) is 4.79 Å². The Hall–Kier alpha value is -0.840. The molecule has 4 nitrogen and oxygen atoms in total. The first-order chi connectivity index (χ1) is 7.85. The van der Waals surface area contributed by atoms with E-state index in [-0.39, 0.29) is 11.0 Å². The Balaban J connectivity index is 2.89. The quantitative estimate of drug-likeness (QED) is 0.930. The van der Waals surface area contributed by atoms with Crippen molar-refractivity contribution in [2.75, 3.05) is 11.9 Å². The molecule has 0 aliphatic carbocycles. The highest BCUT2D eigenvalue weighted by molar-refractivity contribution is 9.10. The summed E-state index contributed by atoms with van der Waals surface area (Å²) in [5.41, 5.74) is 0.848. The van der Waals surface area contributed by atoms with Crippen LogP contribution in [-0.4, -0.2) is 16.3 Å². The molecule has 0 aliphatic rings. The molecule has 0 aromatic carbocycles. The van der Waals surface area contributed by atoms with Gasteiger partial charge in [0.1, 0.15) is 4.47 Å². The lowest BCUT2D eigenvalue weighted by atomic mass is 9.97. The van der Waals surface area contributed by atoms with E-state index in [0.29, 0.717) is 11.0 Å². The lowest BCUT2D eigenvalue weighted by Crippen LogP contribution is -2.26. The van der Waals surface area contributed by atoms with Gasteiger partial charge >= 0.3 is 0 Å². The second-order valence-electron chi connectivity index (χ2n) is 5.31. The van der Waals surface area contributed by atoms with Crippen molar-refractivity contribution in [3.05, 3.63) is 21.0 Å². The molecule has 0 atom stereocenters. The van der Waals surface area contributed by atoms with E-state index < -0.39 is 0 Å². The molecule has 96 valence electrons. The Morgan fingerprint density at radius 2 is 2.12 bits per heavy atom. The molecule has 1 aromatic rings. The van der Waals surface area contributed by atoms with Gasteiger partial charge in [-0.25, -0.2) is 4.68 Å². The van der Waals surface area contributed by atoms with Crippen LogP contribution in [-0.2, 0) is 6.54 Å². The molecule has 1 rings (SSSR count). The average Bonchev–Trinajstić information content (AvgIpc) is 2.23. The number of hydrogen-bond donors (Lipinski definition) is 1. The molecule has 0 fully saturated rings. The first-order valence-electron chi connectivity index (χ1n) is 5.84. The molecular formula is C12H20BrN3O. The third-order valence-electron chi connectivity index (χ3n) is 2.23. The standard InChI is InChI=1S/C12H20BrN3O/c1-5-6-16-11(17)10(13)9(7-15-16)14-8-12(2,3)4/h7,14H,5-6,8H2,1-4H3. The van der Waals surface area contributed by atoms with Crippen molar-refractivity contribution in [1.82, 2.24) is 9.78 Å². The predicted octanol–water partition coefficient (Wildman–Crippen LogP) is 2.87. The molecule has 0 saturated carbocycles. The lowest BCUT2D eigenvalue weighted by molar-refractivity contribution is 0.442. The molecule has 1 N–H and O–H groups in total. The first-order valence-corrected chi connectivity index (χ1v) is 6.64. The van der Waals surface area contributed by atoms with Gasteiger partial charge in [0.2, 0.25) is 0 Å². The average molecular weight is 302 g/mol. The van der Waals surface area contributed by atoms with E-state index in [1.165, 1.54) is 4.68 Å². The molecule has 0 unspecified atom stereocenters. The van der Waals surface area contributed by atoms with Crippen LogP contribution in [0.25, 0.3) is 0 Å². The zero-order chi connectivity index (χ0) is 13.1. The SMILES string of the molecule is CCCn1ncc(NCC(C)(C)C)c(Br)c1=O. The largest absolute Gasteiger partial charge is 0.382 e. The topological polar surface area (TPSA) is 46.9 Å². The molecule has 5 heteroatoms. The van der Waals surface area contributed by atoms with Gasteiger partial charge in [-0.05, 0) is 27.8 Å². The van der Waals surface area contributed by atoms with E-state index in [0.717, 1.165) is 18.7 Å². The van der Waals surface area contributed by atoms with Crippen molar-refractivity contribution < 1.29 is 0 Å². The van der Waals surface area contributed by atoms with Gasteiger partial charge in [-0.15, -0.1) is 0 Å². The van der Waals surface area contributed by atoms with E-state index in [4.69, 9.17) is 0 Å². The Morgan fingerprint density at radius 1 is 1.47 bits per heavy atom. The highest BCUT2D eigenvalue weighted by Crippen LogP contribution is 2.19. The smallest absolute Gasteiger partial charge is 0.283 e. The van der Waals surface area contributed by atoms with Crippen LogP contribution >= 0.6 is 15.9 Å². The summed E-state index contributed by atoms with van der Waals surface area (Å²) >= 11 is 3.33. The number of rotatable bonds is 4. The summed E-state index contributed by atoms with van der Waals surface area (Å²) in [7, 11) is 0. The van der Waals surface area contributed by atoms with E-state index in [2.05, 4.69) is 47.1 Å². The summed E-state index contributed by atoms with van der Waals surface area (Å²) in [6, 6.07) is 0. The Bertz CT molecular complexity index is 434. The van der Waals surface area contributed by atoms with Gasteiger partial charge in [0.25, 0.3) is 5.56 Å². The zero-order valence-corrected chi connectivity index (χ0v) is 12.5. The summed E-state index contributed by atoms with van der Waals surface area (Å²) in [4.78, 5) is 11.9. The first kappa shape index (κ1) is 14.2. The minimum absolute atomic E-state index is 0.0780. The number of halogens is 1. The van der Waals surface area contributed by atoms with E-state index >= 15 is 0 Å². The molecule has 1 heterocycles. The van der Waals surface area contributed by atoms with Crippen molar-refractivity contribution >= 4 is 21.6 Å². The minimum Gasteiger partial charge on any atom is -0.382 e. The fourth-order valence-electron chi connectivity index (χ4n) is 1.32. The van der Waals surface area contributed by atoms with Crippen molar-refractivity contribution in [2.24, 2.45) is 5.41 Å². The number of aromatic nitrogens is 2. The van der Waals surface area contributed by atoms with Crippen molar-refractivity contribution in [1.29, 1.82) is 0 Å². The molecular weight excluding hydrogens is 282 g/mol. The maximum Gasteiger partial charge on any atom is 0.283 e. The molecule has 0 amide bonds. The second-order valence-corrected chi connectivity index (χ2v) is 6.11. The van der Waals surface area contributed by atoms with Crippen LogP contribution in [0, 0.1) is 5.41 Å². The molecule has 0 radical (unpaired) electrons. The van der Waals surface area contributed by atoms with E-state index in [1.807, 2.05) is 6.92 Å². The van der Waals surface area contributed by atoms with Crippen LogP contribution in [0.5, 0.6) is 0 Å². The van der Waals surface area contributed by atoms with Crippen molar-refractivity contribution in [2.45, 2.75) is 40.7 Å². The van der Waals surface area contributed by atoms with E-state index in [9.17, 15) is 4.79 Å². The highest BCUT2D eigenvalue weighted by atomic mass is 79.9. The van der Waals surface area contributed by atoms with Crippen molar-refractivity contribution in [3.8, 4) is 0 Å². The maximum atomic E-state index is 11.9. The third kappa shape index (κ3) is 4.15. The van der Waals surface area contributed by atoms with Gasteiger partial charge in [0.15, 0.2) is 0 Å². The van der Waals surface area contributed by atoms with Crippen LogP contribution in [0.1, 0.15) is 34.1 Å². The highest BCUT2D eigenvalue weighted by Gasteiger charge is 2.13. The van der Waals surface area contributed by atoms with Gasteiger partial charge in [0, 0.05) is 13.1 Å². The van der Waals surface area contributed by atoms with Gasteiger partial charge in [-0.1, -0.05) is 27.7 Å². The number of hydrogen-bond acceptors (Lipinski definition) is 3. The fourth-order valence-corrected chi connectivity index (χ4v) is 1.77. The van der Waals surface area contributed by atoms with Crippen LogP contribution in [0.4, 0.5) is 5.69 Å². The number of nitrogens with one attached hydrogen (secondary N) is 1. The summed E-state index contributed by atoms with van der Waals surface area (Å²) in [6.07, 6.45) is 2.60. The molecule has 0 spiro atoms. The number of anilines is 1. The summed E-state index contributed by atoms with van der Waals surface area (Å²) < 4.78 is 2.04. The van der Waals surface area contributed by atoms with Gasteiger partial charge in [-0.2, -0.15) is 5.10 Å². The van der Waals surface area contributed by atoms with Gasteiger partial charge in [0.05, 0.1) is 11.9 Å². The second kappa shape index (κ2) is 5.67. The summed E-state index contributed by atoms with van der Waals surface area (Å²) in [5, 5.41) is 7.38. The molecule has 1 aromatic heterocycles. The van der Waals surface area contributed by atoms with Crippen LogP contribution < -0.4 is 10.9 Å². The van der Waals surface area contributed by atoms with Gasteiger partial charge < -0.3 is 5.32 Å². The van der Waals surface area contributed by atoms with Crippen LogP contribution in [0.2, 0.25) is 0 Å². The normalized spacial score (nSPS) is 11.6. The molecule has 0 bridgehead atoms. The fraction of sp³-hybridized carbons (Fsp3) is 0.667. The number of aryl methyl sites for hydroxylation is 1. The lowest BCUT2D eigenvalue weighted by Gasteiger charge is -2.20. The molecule has 0 saturated heterocycles. The van der Waals surface area contributed by atoms with Crippen molar-refractivity contribution in [3.63, 3.8) is 0 Å². The predicted molar refractivity (Wildman–Crippen MR) is 74.4 cm³/mol. The van der Waals surface area contributed by atoms with E-state index in [1.54, 1.807) is 6.20 Å². The summed E-state index contributed by atoms with van der Waals surface area (Å²) in [5.74, 6) is 0. The Morgan fingerprint density at radius 3 is 2.65 bits per heavy atom. The Labute approximate surface area is 111 Å². The number of nitrogens with zero attached hydrogens (tertiary/aromatic N) is 2. The van der Waals surface area contributed by atoms with Crippen LogP contribution in [0.15, 0.2) is 15.5 Å². The molecule has 17 heavy (non-hydrogen) atoms. The van der Waals surface area contributed by atoms with Crippen LogP contribution in [0.3, 0.4) is 0 Å². The zero-order valence-electron chi connectivity index (χ0n) is 10.9. The Kier molecular flexibility index (Phi) is 4.74. The minimum atomic E-state index is -0.0780.